The zero-order valence-electron chi connectivity index (χ0n) is 16.0. The fourth-order valence-electron chi connectivity index (χ4n) is 2.93. The van der Waals surface area contributed by atoms with Gasteiger partial charge in [-0.2, -0.15) is 0 Å². The lowest BCUT2D eigenvalue weighted by molar-refractivity contribution is 0.0975. The Balaban J connectivity index is 1.78. The molecule has 0 radical (unpaired) electrons. The summed E-state index contributed by atoms with van der Waals surface area (Å²) in [6, 6.07) is 12.5. The molecule has 0 unspecified atom stereocenters. The minimum Gasteiger partial charge on any atom is -0.497 e. The minimum absolute atomic E-state index is 0.0804. The molecule has 6 nitrogen and oxygen atoms in total. The molecule has 1 fully saturated rings. The van der Waals surface area contributed by atoms with E-state index < -0.39 is 0 Å². The van der Waals surface area contributed by atoms with Crippen molar-refractivity contribution in [1.82, 2.24) is 5.32 Å². The van der Waals surface area contributed by atoms with Crippen LogP contribution in [0.4, 0.5) is 5.69 Å². The molecule has 1 aliphatic rings. The maximum absolute atomic E-state index is 12.7. The number of methoxy groups -OCH3 is 1. The summed E-state index contributed by atoms with van der Waals surface area (Å²) in [7, 11) is 1.57. The average Bonchev–Trinajstić information content (AvgIpc) is 3.21. The number of hydrogen-bond donors (Lipinski definition) is 2. The van der Waals surface area contributed by atoms with E-state index in [1.54, 1.807) is 37.4 Å². The summed E-state index contributed by atoms with van der Waals surface area (Å²) in [5.74, 6) is 0.713. The molecule has 3 rings (SSSR count). The summed E-state index contributed by atoms with van der Waals surface area (Å²) >= 11 is 6.04. The Morgan fingerprint density at radius 1 is 1.32 bits per heavy atom. The Morgan fingerprint density at radius 2 is 2.18 bits per heavy atom. The first-order valence-electron chi connectivity index (χ1n) is 9.20. The van der Waals surface area contributed by atoms with Gasteiger partial charge in [0.2, 0.25) is 5.96 Å². The number of ether oxygens (including phenoxy) is 2. The number of aryl methyl sites for hydroxylation is 1. The zero-order valence-corrected chi connectivity index (χ0v) is 16.8. The Hall–Kier alpha value is -2.57. The van der Waals surface area contributed by atoms with Gasteiger partial charge in [0.25, 0.3) is 5.91 Å². The molecule has 2 aromatic rings. The number of carbonyl (C=O) groups excluding carboxylic acids is 1. The highest BCUT2D eigenvalue weighted by Crippen LogP contribution is 2.20. The van der Waals surface area contributed by atoms with Crippen molar-refractivity contribution in [2.24, 2.45) is 4.99 Å². The number of carbonyl (C=O) groups is 1. The molecule has 0 spiro atoms. The highest BCUT2D eigenvalue weighted by atomic mass is 35.5. The number of nitrogens with one attached hydrogen (secondary N) is 2. The minimum atomic E-state index is -0.274. The lowest BCUT2D eigenvalue weighted by Crippen LogP contribution is -2.37. The van der Waals surface area contributed by atoms with Gasteiger partial charge in [0.1, 0.15) is 5.75 Å². The maximum Gasteiger partial charge on any atom is 0.258 e. The van der Waals surface area contributed by atoms with Gasteiger partial charge < -0.3 is 14.8 Å². The third kappa shape index (κ3) is 5.47. The molecule has 1 heterocycles. The Labute approximate surface area is 169 Å². The van der Waals surface area contributed by atoms with E-state index in [-0.39, 0.29) is 12.0 Å². The molecule has 0 bridgehead atoms. The first-order valence-corrected chi connectivity index (χ1v) is 9.57. The van der Waals surface area contributed by atoms with Crippen molar-refractivity contribution in [3.63, 3.8) is 0 Å². The van der Waals surface area contributed by atoms with E-state index >= 15 is 0 Å². The number of aliphatic imine (C=N–C) groups is 1. The van der Waals surface area contributed by atoms with Crippen molar-refractivity contribution in [3.05, 3.63) is 58.6 Å². The van der Waals surface area contributed by atoms with Gasteiger partial charge in [-0.05, 0) is 61.7 Å². The Kier molecular flexibility index (Phi) is 6.90. The van der Waals surface area contributed by atoms with Crippen molar-refractivity contribution in [3.8, 4) is 5.75 Å². The van der Waals surface area contributed by atoms with Crippen molar-refractivity contribution in [2.45, 2.75) is 25.9 Å². The Morgan fingerprint density at radius 3 is 2.89 bits per heavy atom. The second-order valence-corrected chi connectivity index (χ2v) is 7.03. The first-order chi connectivity index (χ1) is 13.5. The van der Waals surface area contributed by atoms with Gasteiger partial charge in [-0.1, -0.05) is 17.7 Å². The number of rotatable bonds is 5. The number of amides is 1. The lowest BCUT2D eigenvalue weighted by atomic mass is 10.2. The van der Waals surface area contributed by atoms with Gasteiger partial charge in [0.15, 0.2) is 0 Å². The van der Waals surface area contributed by atoms with Crippen LogP contribution in [0.5, 0.6) is 5.75 Å². The first kappa shape index (κ1) is 20.2. The van der Waals surface area contributed by atoms with Crippen LogP contribution in [0.25, 0.3) is 0 Å². The quantitative estimate of drug-likeness (QED) is 0.586. The van der Waals surface area contributed by atoms with Crippen LogP contribution in [0.2, 0.25) is 5.02 Å². The van der Waals surface area contributed by atoms with Crippen LogP contribution in [0, 0.1) is 6.92 Å². The summed E-state index contributed by atoms with van der Waals surface area (Å²) in [5.41, 5.74) is 2.26. The number of halogens is 1. The van der Waals surface area contributed by atoms with Crippen LogP contribution < -0.4 is 15.4 Å². The maximum atomic E-state index is 12.7. The summed E-state index contributed by atoms with van der Waals surface area (Å²) in [6.07, 6.45) is 2.09. The molecule has 0 aromatic heterocycles. The molecule has 1 amide bonds. The smallest absolute Gasteiger partial charge is 0.258 e. The van der Waals surface area contributed by atoms with Gasteiger partial charge in [0, 0.05) is 22.9 Å². The third-order valence-electron chi connectivity index (χ3n) is 4.48. The van der Waals surface area contributed by atoms with Crippen LogP contribution in [0.15, 0.2) is 47.5 Å². The number of anilines is 1. The van der Waals surface area contributed by atoms with Crippen LogP contribution in [-0.4, -0.2) is 38.2 Å². The molecule has 1 saturated heterocycles. The molecule has 0 saturated carbocycles. The van der Waals surface area contributed by atoms with E-state index in [4.69, 9.17) is 21.1 Å². The van der Waals surface area contributed by atoms with E-state index in [2.05, 4.69) is 15.6 Å². The summed E-state index contributed by atoms with van der Waals surface area (Å²) < 4.78 is 10.8. The monoisotopic (exact) mass is 401 g/mol. The van der Waals surface area contributed by atoms with Crippen LogP contribution in [-0.2, 0) is 4.74 Å². The molecule has 1 atom stereocenters. The van der Waals surface area contributed by atoms with Gasteiger partial charge in [-0.25, -0.2) is 4.99 Å². The fraction of sp³-hybridized carbons (Fsp3) is 0.333. The van der Waals surface area contributed by atoms with Crippen LogP contribution in [0.1, 0.15) is 28.8 Å². The zero-order chi connectivity index (χ0) is 19.9. The molecule has 1 aliphatic heterocycles. The topological polar surface area (TPSA) is 72.0 Å². The summed E-state index contributed by atoms with van der Waals surface area (Å²) in [5, 5.41) is 6.71. The van der Waals surface area contributed by atoms with Crippen molar-refractivity contribution in [1.29, 1.82) is 0 Å². The van der Waals surface area contributed by atoms with Gasteiger partial charge >= 0.3 is 0 Å². The predicted octanol–water partition coefficient (Wildman–Crippen LogP) is 4.03. The molecular formula is C21H24ClN3O3. The largest absolute Gasteiger partial charge is 0.497 e. The fourth-order valence-corrected chi connectivity index (χ4v) is 3.16. The van der Waals surface area contributed by atoms with Crippen LogP contribution in [0.3, 0.4) is 0 Å². The molecule has 148 valence electrons. The highest BCUT2D eigenvalue weighted by Gasteiger charge is 2.16. The molecule has 7 heteroatoms. The van der Waals surface area contributed by atoms with E-state index in [0.717, 1.165) is 30.7 Å². The predicted molar refractivity (Wildman–Crippen MR) is 112 cm³/mol. The van der Waals surface area contributed by atoms with Gasteiger partial charge in [-0.15, -0.1) is 0 Å². The van der Waals surface area contributed by atoms with Gasteiger partial charge in [0.05, 0.1) is 19.8 Å². The number of nitrogens with zero attached hydrogens (tertiary/aromatic N) is 1. The third-order valence-corrected chi connectivity index (χ3v) is 4.72. The standard InChI is InChI=1S/C21H24ClN3O3/c1-14-11-16(22)8-9-19(14)24-21(23-13-18-7-4-10-28-18)25-20(26)15-5-3-6-17(12-15)27-2/h3,5-6,8-9,11-12,18H,4,7,10,13H2,1-2H3,(H2,23,24,25,26)/t18-/m0/s1. The van der Waals surface area contributed by atoms with E-state index in [0.29, 0.717) is 28.8 Å². The van der Waals surface area contributed by atoms with E-state index in [1.807, 2.05) is 19.1 Å². The van der Waals surface area contributed by atoms with Crippen molar-refractivity contribution < 1.29 is 14.3 Å². The normalized spacial score (nSPS) is 16.7. The van der Waals surface area contributed by atoms with E-state index in [1.165, 1.54) is 0 Å². The lowest BCUT2D eigenvalue weighted by Gasteiger charge is -2.15. The average molecular weight is 402 g/mol. The van der Waals surface area contributed by atoms with E-state index in [9.17, 15) is 4.79 Å². The van der Waals surface area contributed by atoms with Gasteiger partial charge in [-0.3, -0.25) is 10.1 Å². The summed E-state index contributed by atoms with van der Waals surface area (Å²) in [6.45, 7) is 3.18. The molecule has 2 N–H and O–H groups in total. The van der Waals surface area contributed by atoms with Crippen molar-refractivity contribution >= 4 is 29.2 Å². The van der Waals surface area contributed by atoms with Crippen molar-refractivity contribution in [2.75, 3.05) is 25.6 Å². The molecule has 28 heavy (non-hydrogen) atoms. The van der Waals surface area contributed by atoms with Crippen LogP contribution >= 0.6 is 11.6 Å². The highest BCUT2D eigenvalue weighted by molar-refractivity contribution is 6.30. The number of benzene rings is 2. The molecule has 2 aromatic carbocycles. The number of hydrogen-bond acceptors (Lipinski definition) is 4. The Bertz CT molecular complexity index is 864. The molecular weight excluding hydrogens is 378 g/mol. The molecule has 0 aliphatic carbocycles. The SMILES string of the molecule is COc1cccc(C(=O)NC(=NC[C@@H]2CCCO2)Nc2ccc(Cl)cc2C)c1. The second kappa shape index (κ2) is 9.57. The second-order valence-electron chi connectivity index (χ2n) is 6.59. The number of guanidine groups is 1. The summed E-state index contributed by atoms with van der Waals surface area (Å²) in [4.78, 5) is 17.3.